The Morgan fingerprint density at radius 1 is 1.00 bits per heavy atom. The van der Waals surface area contributed by atoms with Crippen molar-refractivity contribution in [3.8, 4) is 0 Å². The number of hydrogen-bond donors (Lipinski definition) is 0. The van der Waals surface area contributed by atoms with Crippen molar-refractivity contribution < 1.29 is 9.59 Å². The molecule has 2 aromatic carbocycles. The van der Waals surface area contributed by atoms with Crippen molar-refractivity contribution in [1.82, 2.24) is 0 Å². The second-order valence-electron chi connectivity index (χ2n) is 4.47. The van der Waals surface area contributed by atoms with Crippen molar-refractivity contribution >= 4 is 28.9 Å². The zero-order valence-corrected chi connectivity index (χ0v) is 10.9. The van der Waals surface area contributed by atoms with E-state index in [0.717, 1.165) is 4.90 Å². The number of benzene rings is 2. The van der Waals surface area contributed by atoms with Crippen molar-refractivity contribution in [1.29, 1.82) is 0 Å². The highest BCUT2D eigenvalue weighted by Gasteiger charge is 2.36. The van der Waals surface area contributed by atoms with E-state index in [1.807, 2.05) is 36.4 Å². The fourth-order valence-electron chi connectivity index (χ4n) is 2.25. The van der Waals surface area contributed by atoms with E-state index >= 15 is 0 Å². The van der Waals surface area contributed by atoms with E-state index in [4.69, 9.17) is 0 Å². The molecule has 1 aliphatic heterocycles. The van der Waals surface area contributed by atoms with Gasteiger partial charge in [0.2, 0.25) is 5.91 Å². The maximum Gasteiger partial charge on any atom is 0.284 e. The molecule has 0 atom stereocenters. The summed E-state index contributed by atoms with van der Waals surface area (Å²) < 4.78 is 0. The van der Waals surface area contributed by atoms with E-state index in [2.05, 4.69) is 4.99 Å². The van der Waals surface area contributed by atoms with E-state index in [1.54, 1.807) is 18.2 Å². The first-order valence-electron chi connectivity index (χ1n) is 6.26. The third-order valence-electron chi connectivity index (χ3n) is 3.12. The van der Waals surface area contributed by atoms with Gasteiger partial charge in [-0.25, -0.2) is 9.89 Å². The van der Waals surface area contributed by atoms with E-state index < -0.39 is 0 Å². The number of imide groups is 1. The molecule has 0 aromatic heterocycles. The number of anilines is 1. The van der Waals surface area contributed by atoms with Crippen LogP contribution in [0.1, 0.15) is 12.5 Å². The number of carbonyl (C=O) groups excluding carboxylic acids is 2. The first-order valence-corrected chi connectivity index (χ1v) is 6.26. The summed E-state index contributed by atoms with van der Waals surface area (Å²) in [5.41, 5.74) is 2.29. The van der Waals surface area contributed by atoms with Gasteiger partial charge in [0.05, 0.1) is 11.4 Å². The first-order chi connectivity index (χ1) is 9.68. The molecule has 4 heteroatoms. The molecule has 3 rings (SSSR count). The Balaban J connectivity index is 2.16. The van der Waals surface area contributed by atoms with Crippen molar-refractivity contribution in [2.75, 3.05) is 4.90 Å². The molecule has 0 aliphatic carbocycles. The number of carbonyl (C=O) groups is 2. The van der Waals surface area contributed by atoms with Crippen LogP contribution < -0.4 is 4.90 Å². The topological polar surface area (TPSA) is 49.7 Å². The molecule has 2 amide bonds. The SMILES string of the molecule is CC(=O)N1C(=O)C(=Nc2ccccc2)c2ccccc21. The molecule has 1 heterocycles. The molecular weight excluding hydrogens is 252 g/mol. The Kier molecular flexibility index (Phi) is 2.91. The van der Waals surface area contributed by atoms with Gasteiger partial charge in [0.15, 0.2) is 0 Å². The smallest absolute Gasteiger partial charge is 0.274 e. The number of hydrogen-bond acceptors (Lipinski definition) is 3. The van der Waals surface area contributed by atoms with Gasteiger partial charge in [0, 0.05) is 12.5 Å². The minimum Gasteiger partial charge on any atom is -0.274 e. The van der Waals surface area contributed by atoms with Crippen LogP contribution in [0, 0.1) is 0 Å². The number of para-hydroxylation sites is 2. The highest BCUT2D eigenvalue weighted by atomic mass is 16.2. The maximum atomic E-state index is 12.4. The van der Waals surface area contributed by atoms with Crippen LogP contribution in [-0.4, -0.2) is 17.5 Å². The summed E-state index contributed by atoms with van der Waals surface area (Å²) in [4.78, 5) is 29.6. The van der Waals surface area contributed by atoms with Crippen LogP contribution in [0.5, 0.6) is 0 Å². The van der Waals surface area contributed by atoms with Crippen LogP contribution in [0.2, 0.25) is 0 Å². The minimum atomic E-state index is -0.373. The van der Waals surface area contributed by atoms with Gasteiger partial charge in [-0.05, 0) is 18.2 Å². The maximum absolute atomic E-state index is 12.4. The third kappa shape index (κ3) is 1.91. The van der Waals surface area contributed by atoms with Crippen molar-refractivity contribution in [3.05, 3.63) is 60.2 Å². The lowest BCUT2D eigenvalue weighted by Crippen LogP contribution is -2.34. The minimum absolute atomic E-state index is 0.305. The molecule has 0 unspecified atom stereocenters. The van der Waals surface area contributed by atoms with Crippen LogP contribution in [0.3, 0.4) is 0 Å². The van der Waals surface area contributed by atoms with Gasteiger partial charge in [-0.3, -0.25) is 9.59 Å². The molecule has 0 fully saturated rings. The highest BCUT2D eigenvalue weighted by Crippen LogP contribution is 2.30. The second kappa shape index (κ2) is 4.74. The number of amides is 2. The number of nitrogens with zero attached hydrogens (tertiary/aromatic N) is 2. The molecule has 0 radical (unpaired) electrons. The molecule has 0 N–H and O–H groups in total. The second-order valence-corrected chi connectivity index (χ2v) is 4.47. The summed E-state index contributed by atoms with van der Waals surface area (Å²) in [7, 11) is 0. The lowest BCUT2D eigenvalue weighted by atomic mass is 10.1. The Labute approximate surface area is 116 Å². The van der Waals surface area contributed by atoms with Gasteiger partial charge < -0.3 is 0 Å². The Morgan fingerprint density at radius 3 is 2.35 bits per heavy atom. The summed E-state index contributed by atoms with van der Waals surface area (Å²) in [5, 5.41) is 0. The number of aliphatic imine (C=N–C) groups is 1. The predicted octanol–water partition coefficient (Wildman–Crippen LogP) is 2.70. The Hall–Kier alpha value is -2.75. The molecule has 0 saturated heterocycles. The zero-order chi connectivity index (χ0) is 14.1. The van der Waals surface area contributed by atoms with Crippen LogP contribution in [0.25, 0.3) is 0 Å². The Bertz CT molecular complexity index is 720. The monoisotopic (exact) mass is 264 g/mol. The molecule has 0 spiro atoms. The normalized spacial score (nSPS) is 15.6. The van der Waals surface area contributed by atoms with Crippen LogP contribution >= 0.6 is 0 Å². The van der Waals surface area contributed by atoms with Gasteiger partial charge >= 0.3 is 0 Å². The molecule has 0 bridgehead atoms. The average Bonchev–Trinajstić information content (AvgIpc) is 2.73. The standard InChI is InChI=1S/C16H12N2O2/c1-11(19)18-14-10-6-5-9-13(14)15(16(18)20)17-12-7-3-2-4-8-12/h2-10H,1H3. The van der Waals surface area contributed by atoms with Gasteiger partial charge in [-0.15, -0.1) is 0 Å². The molecule has 4 nitrogen and oxygen atoms in total. The van der Waals surface area contributed by atoms with E-state index in [9.17, 15) is 9.59 Å². The van der Waals surface area contributed by atoms with E-state index in [0.29, 0.717) is 22.6 Å². The fraction of sp³-hybridized carbons (Fsp3) is 0.0625. The zero-order valence-electron chi connectivity index (χ0n) is 10.9. The third-order valence-corrected chi connectivity index (χ3v) is 3.12. The molecule has 0 saturated carbocycles. The molecular formula is C16H12N2O2. The van der Waals surface area contributed by atoms with Gasteiger partial charge in [-0.1, -0.05) is 36.4 Å². The predicted molar refractivity (Wildman–Crippen MR) is 77.2 cm³/mol. The summed E-state index contributed by atoms with van der Waals surface area (Å²) in [6.45, 7) is 1.38. The average molecular weight is 264 g/mol. The van der Waals surface area contributed by atoms with E-state index in [-0.39, 0.29) is 11.8 Å². The summed E-state index contributed by atoms with van der Waals surface area (Å²) in [6, 6.07) is 16.4. The van der Waals surface area contributed by atoms with Crippen molar-refractivity contribution in [3.63, 3.8) is 0 Å². The van der Waals surface area contributed by atoms with Crippen molar-refractivity contribution in [2.45, 2.75) is 6.92 Å². The molecule has 1 aliphatic rings. The summed E-state index contributed by atoms with van der Waals surface area (Å²) >= 11 is 0. The molecule has 20 heavy (non-hydrogen) atoms. The fourth-order valence-corrected chi connectivity index (χ4v) is 2.25. The summed E-state index contributed by atoms with van der Waals surface area (Å²) in [6.07, 6.45) is 0. The quantitative estimate of drug-likeness (QED) is 0.795. The van der Waals surface area contributed by atoms with Gasteiger partial charge in [0.25, 0.3) is 5.91 Å². The van der Waals surface area contributed by atoms with Crippen LogP contribution in [-0.2, 0) is 9.59 Å². The van der Waals surface area contributed by atoms with Crippen molar-refractivity contribution in [2.24, 2.45) is 4.99 Å². The van der Waals surface area contributed by atoms with E-state index in [1.165, 1.54) is 6.92 Å². The van der Waals surface area contributed by atoms with Gasteiger partial charge in [-0.2, -0.15) is 0 Å². The first kappa shape index (κ1) is 12.3. The van der Waals surface area contributed by atoms with Crippen LogP contribution in [0.4, 0.5) is 11.4 Å². The lowest BCUT2D eigenvalue weighted by Gasteiger charge is -2.11. The highest BCUT2D eigenvalue weighted by molar-refractivity contribution is 6.58. The number of fused-ring (bicyclic) bond motifs is 1. The molecule has 98 valence electrons. The van der Waals surface area contributed by atoms with Crippen LogP contribution in [0.15, 0.2) is 59.6 Å². The lowest BCUT2D eigenvalue weighted by molar-refractivity contribution is -0.121. The Morgan fingerprint density at radius 2 is 1.65 bits per heavy atom. The number of rotatable bonds is 1. The van der Waals surface area contributed by atoms with Gasteiger partial charge in [0.1, 0.15) is 5.71 Å². The summed E-state index contributed by atoms with van der Waals surface area (Å²) in [5.74, 6) is -0.678. The largest absolute Gasteiger partial charge is 0.284 e. The molecule has 2 aromatic rings.